The number of hydrogen-bond donors (Lipinski definition) is 3. The zero-order valence-electron chi connectivity index (χ0n) is 23.7. The van der Waals surface area contributed by atoms with E-state index in [0.29, 0.717) is 5.11 Å². The predicted molar refractivity (Wildman–Crippen MR) is 165 cm³/mol. The van der Waals surface area contributed by atoms with Crippen LogP contribution in [0.15, 0.2) is 72.9 Å². The first-order valence-corrected chi connectivity index (χ1v) is 13.9. The molecule has 2 aromatic carbocycles. The first kappa shape index (κ1) is 28.0. The lowest BCUT2D eigenvalue weighted by atomic mass is 9.96. The quantitative estimate of drug-likeness (QED) is 0.227. The summed E-state index contributed by atoms with van der Waals surface area (Å²) in [4.78, 5) is 30.8. The van der Waals surface area contributed by atoms with Gasteiger partial charge in [0, 0.05) is 40.6 Å². The molecule has 2 aromatic heterocycles. The molecule has 0 aliphatic carbocycles. The van der Waals surface area contributed by atoms with Crippen molar-refractivity contribution in [2.45, 2.75) is 46.7 Å². The number of aromatic nitrogens is 2. The number of aromatic carboxylic acids is 1. The van der Waals surface area contributed by atoms with Crippen LogP contribution < -0.4 is 15.5 Å². The summed E-state index contributed by atoms with van der Waals surface area (Å²) in [6, 6.07) is 20.4. The van der Waals surface area contributed by atoms with Crippen LogP contribution in [-0.2, 0) is 4.79 Å². The fourth-order valence-corrected chi connectivity index (χ4v) is 5.77. The number of carbonyl (C=O) groups excluding carboxylic acids is 1. The van der Waals surface area contributed by atoms with Gasteiger partial charge in [-0.2, -0.15) is 0 Å². The van der Waals surface area contributed by atoms with Crippen LogP contribution in [0.4, 0.5) is 11.4 Å². The number of nitrogens with zero attached hydrogens (tertiary/aromatic N) is 3. The molecule has 4 aromatic rings. The van der Waals surface area contributed by atoms with Crippen molar-refractivity contribution in [1.82, 2.24) is 14.9 Å². The van der Waals surface area contributed by atoms with Crippen LogP contribution in [0.2, 0.25) is 0 Å². The topological polar surface area (TPSA) is 99.5 Å². The van der Waals surface area contributed by atoms with Crippen LogP contribution in [0.5, 0.6) is 0 Å². The van der Waals surface area contributed by atoms with Gasteiger partial charge in [-0.3, -0.25) is 9.78 Å². The Labute approximate surface area is 245 Å². The molecule has 0 radical (unpaired) electrons. The Kier molecular flexibility index (Phi) is 7.64. The molecule has 8 nitrogen and oxygen atoms in total. The van der Waals surface area contributed by atoms with Gasteiger partial charge in [0.2, 0.25) is 5.91 Å². The van der Waals surface area contributed by atoms with Gasteiger partial charge in [0.15, 0.2) is 5.11 Å². The second-order valence-electron chi connectivity index (χ2n) is 10.7. The van der Waals surface area contributed by atoms with Crippen molar-refractivity contribution in [3.63, 3.8) is 0 Å². The molecular weight excluding hydrogens is 534 g/mol. The van der Waals surface area contributed by atoms with E-state index in [9.17, 15) is 14.7 Å². The fourth-order valence-electron chi connectivity index (χ4n) is 5.43. The monoisotopic (exact) mass is 567 g/mol. The number of pyridine rings is 1. The standard InChI is InChI=1S/C32H33N5O3S/c1-18(2)30(38)34-26-13-12-24(15-19(26)3)37-29(28(35-32(37)41)27-11-6-7-14-33-27)25-16-20(4)36(21(25)5)23-10-8-9-22(17-23)31(39)40/h6-18,28-29H,1-5H3,(H,34,38)(H,35,41)(H,39,40)/t28-,29+/m0/s1. The highest BCUT2D eigenvalue weighted by Gasteiger charge is 2.42. The maximum Gasteiger partial charge on any atom is 0.335 e. The van der Waals surface area contributed by atoms with E-state index in [4.69, 9.17) is 12.2 Å². The maximum atomic E-state index is 12.3. The summed E-state index contributed by atoms with van der Waals surface area (Å²) >= 11 is 5.92. The Morgan fingerprint density at radius 3 is 2.44 bits per heavy atom. The van der Waals surface area contributed by atoms with Crippen LogP contribution >= 0.6 is 12.2 Å². The molecule has 0 bridgehead atoms. The van der Waals surface area contributed by atoms with E-state index in [-0.39, 0.29) is 29.5 Å². The smallest absolute Gasteiger partial charge is 0.335 e. The van der Waals surface area contributed by atoms with Crippen LogP contribution in [0.3, 0.4) is 0 Å². The summed E-state index contributed by atoms with van der Waals surface area (Å²) in [7, 11) is 0. The summed E-state index contributed by atoms with van der Waals surface area (Å²) < 4.78 is 2.08. The fraction of sp³-hybridized carbons (Fsp3) is 0.250. The molecular formula is C32H33N5O3S. The Morgan fingerprint density at radius 1 is 1.00 bits per heavy atom. The summed E-state index contributed by atoms with van der Waals surface area (Å²) in [5.74, 6) is -1.13. The Hall–Kier alpha value is -4.50. The largest absolute Gasteiger partial charge is 0.478 e. The van der Waals surface area contributed by atoms with Crippen LogP contribution in [-0.4, -0.2) is 31.6 Å². The van der Waals surface area contributed by atoms with E-state index in [2.05, 4.69) is 31.2 Å². The van der Waals surface area contributed by atoms with Crippen molar-refractivity contribution in [3.05, 3.63) is 107 Å². The number of carboxylic acid groups (broad SMARTS) is 1. The van der Waals surface area contributed by atoms with Gasteiger partial charge in [-0.25, -0.2) is 4.79 Å². The van der Waals surface area contributed by atoms with Gasteiger partial charge in [0.1, 0.15) is 0 Å². The van der Waals surface area contributed by atoms with E-state index in [0.717, 1.165) is 45.3 Å². The van der Waals surface area contributed by atoms with Gasteiger partial charge in [-0.15, -0.1) is 0 Å². The number of nitrogens with one attached hydrogen (secondary N) is 2. The normalized spacial score (nSPS) is 16.6. The zero-order chi connectivity index (χ0) is 29.4. The molecule has 0 saturated carbocycles. The van der Waals surface area contributed by atoms with Gasteiger partial charge in [-0.1, -0.05) is 26.0 Å². The van der Waals surface area contributed by atoms with Gasteiger partial charge >= 0.3 is 5.97 Å². The number of amides is 1. The molecule has 41 heavy (non-hydrogen) atoms. The summed E-state index contributed by atoms with van der Waals surface area (Å²) in [5, 5.41) is 16.7. The van der Waals surface area contributed by atoms with E-state index in [1.54, 1.807) is 24.4 Å². The van der Waals surface area contributed by atoms with Crippen LogP contribution in [0, 0.1) is 26.7 Å². The Balaban J connectivity index is 1.62. The lowest BCUT2D eigenvalue weighted by Crippen LogP contribution is -2.29. The number of rotatable bonds is 7. The third-order valence-electron chi connectivity index (χ3n) is 7.51. The number of carbonyl (C=O) groups is 2. The minimum Gasteiger partial charge on any atom is -0.478 e. The zero-order valence-corrected chi connectivity index (χ0v) is 24.5. The van der Waals surface area contributed by atoms with Gasteiger partial charge in [-0.05, 0) is 98.7 Å². The molecule has 0 unspecified atom stereocenters. The number of benzene rings is 2. The molecule has 1 aliphatic heterocycles. The molecule has 1 saturated heterocycles. The first-order valence-electron chi connectivity index (χ1n) is 13.5. The Bertz CT molecular complexity index is 1650. The number of carboxylic acids is 1. The summed E-state index contributed by atoms with van der Waals surface area (Å²) in [6.07, 6.45) is 1.77. The van der Waals surface area contributed by atoms with Crippen LogP contribution in [0.1, 0.15) is 64.5 Å². The number of aryl methyl sites for hydroxylation is 2. The summed E-state index contributed by atoms with van der Waals surface area (Å²) in [6.45, 7) is 9.76. The molecule has 210 valence electrons. The molecule has 1 fully saturated rings. The predicted octanol–water partition coefficient (Wildman–Crippen LogP) is 6.27. The first-order chi connectivity index (χ1) is 19.6. The van der Waals surface area contributed by atoms with Crippen LogP contribution in [0.25, 0.3) is 5.69 Å². The molecule has 3 heterocycles. The molecule has 5 rings (SSSR count). The van der Waals surface area contributed by atoms with Crippen molar-refractivity contribution >= 4 is 40.6 Å². The molecule has 9 heteroatoms. The molecule has 3 N–H and O–H groups in total. The van der Waals surface area contributed by atoms with Gasteiger partial charge < -0.3 is 25.2 Å². The van der Waals surface area contributed by atoms with Gasteiger partial charge in [0.25, 0.3) is 0 Å². The SMILES string of the molecule is Cc1cc(N2C(=S)N[C@@H](c3ccccn3)[C@H]2c2cc(C)n(-c3cccc(C(=O)O)c3)c2C)ccc1NC(=O)C(C)C. The minimum absolute atomic E-state index is 0.0355. The number of anilines is 2. The second-order valence-corrected chi connectivity index (χ2v) is 11.0. The van der Waals surface area contributed by atoms with Gasteiger partial charge in [0.05, 0.1) is 23.3 Å². The lowest BCUT2D eigenvalue weighted by Gasteiger charge is -2.29. The molecule has 1 amide bonds. The highest BCUT2D eigenvalue weighted by molar-refractivity contribution is 7.80. The average Bonchev–Trinajstić information content (AvgIpc) is 3.44. The minimum atomic E-state index is -0.968. The molecule has 1 aliphatic rings. The maximum absolute atomic E-state index is 12.3. The Morgan fingerprint density at radius 2 is 1.78 bits per heavy atom. The summed E-state index contributed by atoms with van der Waals surface area (Å²) in [5.41, 5.74) is 7.44. The van der Waals surface area contributed by atoms with Crippen molar-refractivity contribution in [1.29, 1.82) is 0 Å². The average molecular weight is 568 g/mol. The van der Waals surface area contributed by atoms with E-state index in [1.807, 2.05) is 77.1 Å². The number of hydrogen-bond acceptors (Lipinski definition) is 4. The molecule has 2 atom stereocenters. The lowest BCUT2D eigenvalue weighted by molar-refractivity contribution is -0.118. The highest BCUT2D eigenvalue weighted by atomic mass is 32.1. The highest BCUT2D eigenvalue weighted by Crippen LogP contribution is 2.44. The second kappa shape index (κ2) is 11.2. The van der Waals surface area contributed by atoms with Crippen molar-refractivity contribution in [3.8, 4) is 5.69 Å². The van der Waals surface area contributed by atoms with Crippen molar-refractivity contribution in [2.24, 2.45) is 5.92 Å². The van der Waals surface area contributed by atoms with E-state index < -0.39 is 5.97 Å². The molecule has 0 spiro atoms. The van der Waals surface area contributed by atoms with Crippen molar-refractivity contribution in [2.75, 3.05) is 10.2 Å². The van der Waals surface area contributed by atoms with Crippen molar-refractivity contribution < 1.29 is 14.7 Å². The number of thiocarbonyl (C=S) groups is 1. The third kappa shape index (κ3) is 5.32. The van der Waals surface area contributed by atoms with E-state index >= 15 is 0 Å². The van der Waals surface area contributed by atoms with E-state index in [1.165, 1.54) is 0 Å². The third-order valence-corrected chi connectivity index (χ3v) is 7.82.